The fourth-order valence-electron chi connectivity index (χ4n) is 1.27. The molecule has 0 aromatic carbocycles. The minimum Gasteiger partial charge on any atom is -0.381 e. The first kappa shape index (κ1) is 17.5. The van der Waals surface area contributed by atoms with Gasteiger partial charge in [0.2, 0.25) is 0 Å². The predicted molar refractivity (Wildman–Crippen MR) is 73.4 cm³/mol. The average molecular weight is 264 g/mol. The molecule has 0 N–H and O–H groups in total. The molecule has 0 spiro atoms. The van der Waals surface area contributed by atoms with Crippen LogP contribution in [-0.4, -0.2) is 25.3 Å². The van der Waals surface area contributed by atoms with Gasteiger partial charge in [-0.3, -0.25) is 0 Å². The number of rotatable bonds is 4. The van der Waals surface area contributed by atoms with E-state index in [9.17, 15) is 0 Å². The molecule has 2 unspecified atom stereocenters. The molecule has 1 saturated heterocycles. The van der Waals surface area contributed by atoms with Crippen molar-refractivity contribution in [3.8, 4) is 12.1 Å². The van der Waals surface area contributed by atoms with Gasteiger partial charge in [0.1, 0.15) is 0 Å². The number of nitrogens with zero attached hydrogens (tertiary/aromatic N) is 4. The van der Waals surface area contributed by atoms with Crippen molar-refractivity contribution in [1.82, 2.24) is 0 Å². The summed E-state index contributed by atoms with van der Waals surface area (Å²) in [7, 11) is 0. The smallest absolute Gasteiger partial charge is 0.159 e. The molecule has 0 radical (unpaired) electrons. The highest BCUT2D eigenvalue weighted by molar-refractivity contribution is 4.94. The normalized spacial score (nSPS) is 17.7. The van der Waals surface area contributed by atoms with E-state index >= 15 is 0 Å². The SMILES string of the molecule is C1CCOC1.CC(C)C(C#N)N=NC(C#N)C(C)C. The van der Waals surface area contributed by atoms with Gasteiger partial charge in [-0.1, -0.05) is 27.7 Å². The van der Waals surface area contributed by atoms with Gasteiger partial charge in [-0.05, 0) is 24.7 Å². The summed E-state index contributed by atoms with van der Waals surface area (Å²) in [5.74, 6) is 0.269. The highest BCUT2D eigenvalue weighted by atomic mass is 16.5. The third-order valence-corrected chi connectivity index (χ3v) is 2.67. The van der Waals surface area contributed by atoms with Crippen LogP contribution in [0.25, 0.3) is 0 Å². The lowest BCUT2D eigenvalue weighted by atomic mass is 10.1. The monoisotopic (exact) mass is 264 g/mol. The van der Waals surface area contributed by atoms with Gasteiger partial charge in [0.05, 0.1) is 12.1 Å². The van der Waals surface area contributed by atoms with E-state index in [1.54, 1.807) is 0 Å². The van der Waals surface area contributed by atoms with Crippen molar-refractivity contribution in [2.45, 2.75) is 52.6 Å². The largest absolute Gasteiger partial charge is 0.381 e. The Hall–Kier alpha value is -1.46. The minimum absolute atomic E-state index is 0.134. The zero-order valence-corrected chi connectivity index (χ0v) is 12.3. The lowest BCUT2D eigenvalue weighted by molar-refractivity contribution is 0.198. The zero-order chi connectivity index (χ0) is 14.7. The van der Waals surface area contributed by atoms with E-state index in [0.717, 1.165) is 13.2 Å². The number of ether oxygens (including phenoxy) is 1. The van der Waals surface area contributed by atoms with Crippen LogP contribution in [0.1, 0.15) is 40.5 Å². The molecule has 1 rings (SSSR count). The Balaban J connectivity index is 0.000000532. The van der Waals surface area contributed by atoms with Crippen molar-refractivity contribution in [2.24, 2.45) is 22.1 Å². The maximum atomic E-state index is 8.73. The highest BCUT2D eigenvalue weighted by Crippen LogP contribution is 2.10. The minimum atomic E-state index is -0.440. The van der Waals surface area contributed by atoms with E-state index in [0.29, 0.717) is 0 Å². The van der Waals surface area contributed by atoms with E-state index in [4.69, 9.17) is 15.3 Å². The lowest BCUT2D eigenvalue weighted by Gasteiger charge is -2.09. The molecule has 0 aromatic heterocycles. The summed E-state index contributed by atoms with van der Waals surface area (Å²) >= 11 is 0. The summed E-state index contributed by atoms with van der Waals surface area (Å²) < 4.78 is 4.94. The molecule has 5 nitrogen and oxygen atoms in total. The standard InChI is InChI=1S/C10H16N4.C4H8O/c1-7(2)9(5-11)13-14-10(6-12)8(3)4;1-2-4-5-3-1/h7-10H,1-4H3;1-4H2. The maximum Gasteiger partial charge on any atom is 0.159 e. The first-order chi connectivity index (χ1) is 9.02. The lowest BCUT2D eigenvalue weighted by Crippen LogP contribution is -2.13. The van der Waals surface area contributed by atoms with E-state index in [1.165, 1.54) is 12.8 Å². The van der Waals surface area contributed by atoms with Gasteiger partial charge < -0.3 is 4.74 Å². The second-order valence-electron chi connectivity index (χ2n) is 5.19. The molecule has 2 atom stereocenters. The maximum absolute atomic E-state index is 8.73. The molecule has 0 saturated carbocycles. The van der Waals surface area contributed by atoms with Crippen LogP contribution >= 0.6 is 0 Å². The van der Waals surface area contributed by atoms with E-state index in [1.807, 2.05) is 27.7 Å². The molecule has 5 heteroatoms. The Morgan fingerprint density at radius 1 is 0.842 bits per heavy atom. The second kappa shape index (κ2) is 10.5. The van der Waals surface area contributed by atoms with Gasteiger partial charge in [0, 0.05) is 13.2 Å². The quantitative estimate of drug-likeness (QED) is 0.730. The van der Waals surface area contributed by atoms with Crippen molar-refractivity contribution in [2.75, 3.05) is 13.2 Å². The average Bonchev–Trinajstić information content (AvgIpc) is 2.92. The van der Waals surface area contributed by atoms with Crippen LogP contribution in [0.15, 0.2) is 10.2 Å². The van der Waals surface area contributed by atoms with Crippen LogP contribution in [0.3, 0.4) is 0 Å². The summed E-state index contributed by atoms with van der Waals surface area (Å²) in [5.41, 5.74) is 0. The number of azo groups is 1. The molecular formula is C14H24N4O. The second-order valence-corrected chi connectivity index (χ2v) is 5.19. The van der Waals surface area contributed by atoms with E-state index in [-0.39, 0.29) is 11.8 Å². The highest BCUT2D eigenvalue weighted by Gasteiger charge is 2.14. The van der Waals surface area contributed by atoms with Crippen LogP contribution in [0, 0.1) is 34.5 Å². The topological polar surface area (TPSA) is 81.5 Å². The fraction of sp³-hybridized carbons (Fsp3) is 0.857. The van der Waals surface area contributed by atoms with E-state index < -0.39 is 12.1 Å². The Morgan fingerprint density at radius 2 is 1.21 bits per heavy atom. The Kier molecular flexibility index (Phi) is 9.66. The van der Waals surface area contributed by atoms with Gasteiger partial charge >= 0.3 is 0 Å². The molecule has 0 aliphatic carbocycles. The molecule has 1 heterocycles. The van der Waals surface area contributed by atoms with Crippen LogP contribution in [0.4, 0.5) is 0 Å². The molecule has 106 valence electrons. The number of nitriles is 2. The molecule has 1 aliphatic rings. The van der Waals surface area contributed by atoms with Gasteiger partial charge in [-0.25, -0.2) is 0 Å². The molecule has 0 bridgehead atoms. The van der Waals surface area contributed by atoms with Crippen molar-refractivity contribution < 1.29 is 4.74 Å². The van der Waals surface area contributed by atoms with Crippen LogP contribution < -0.4 is 0 Å². The van der Waals surface area contributed by atoms with Crippen LogP contribution in [-0.2, 0) is 4.74 Å². The summed E-state index contributed by atoms with van der Waals surface area (Å²) in [5, 5.41) is 25.2. The van der Waals surface area contributed by atoms with Crippen LogP contribution in [0.2, 0.25) is 0 Å². The van der Waals surface area contributed by atoms with Gasteiger partial charge in [0.25, 0.3) is 0 Å². The van der Waals surface area contributed by atoms with Crippen molar-refractivity contribution in [3.05, 3.63) is 0 Å². The third-order valence-electron chi connectivity index (χ3n) is 2.67. The van der Waals surface area contributed by atoms with Gasteiger partial charge in [0.15, 0.2) is 12.1 Å². The zero-order valence-electron chi connectivity index (χ0n) is 12.3. The van der Waals surface area contributed by atoms with Crippen molar-refractivity contribution >= 4 is 0 Å². The summed E-state index contributed by atoms with van der Waals surface area (Å²) in [6.45, 7) is 9.63. The Bertz CT molecular complexity index is 299. The summed E-state index contributed by atoms with van der Waals surface area (Å²) in [4.78, 5) is 0. The molecule has 0 amide bonds. The molecule has 19 heavy (non-hydrogen) atoms. The number of hydrogen-bond acceptors (Lipinski definition) is 5. The van der Waals surface area contributed by atoms with Gasteiger partial charge in [-0.2, -0.15) is 20.8 Å². The molecular weight excluding hydrogens is 240 g/mol. The summed E-state index contributed by atoms with van der Waals surface area (Å²) in [6.07, 6.45) is 2.56. The number of hydrogen-bond donors (Lipinski definition) is 0. The predicted octanol–water partition coefficient (Wildman–Crippen LogP) is 3.33. The first-order valence-corrected chi connectivity index (χ1v) is 6.79. The molecule has 1 fully saturated rings. The summed E-state index contributed by atoms with van der Waals surface area (Å²) in [6, 6.07) is 3.22. The fourth-order valence-corrected chi connectivity index (χ4v) is 1.27. The Morgan fingerprint density at radius 3 is 1.37 bits per heavy atom. The molecule has 1 aliphatic heterocycles. The van der Waals surface area contributed by atoms with E-state index in [2.05, 4.69) is 22.4 Å². The Labute approximate surface area is 116 Å². The van der Waals surface area contributed by atoms with Crippen molar-refractivity contribution in [3.63, 3.8) is 0 Å². The van der Waals surface area contributed by atoms with Crippen molar-refractivity contribution in [1.29, 1.82) is 10.5 Å². The van der Waals surface area contributed by atoms with Gasteiger partial charge in [-0.15, -0.1) is 0 Å². The third kappa shape index (κ3) is 8.29. The first-order valence-electron chi connectivity index (χ1n) is 6.79. The van der Waals surface area contributed by atoms with Crippen LogP contribution in [0.5, 0.6) is 0 Å². The molecule has 0 aromatic rings.